The highest BCUT2D eigenvalue weighted by molar-refractivity contribution is 5.45. The molecule has 1 saturated heterocycles. The summed E-state index contributed by atoms with van der Waals surface area (Å²) in [6.45, 7) is 4.33. The molecule has 0 radical (unpaired) electrons. The van der Waals surface area contributed by atoms with E-state index in [1.807, 2.05) is 6.07 Å². The minimum absolute atomic E-state index is 0.507. The Bertz CT molecular complexity index is 413. The first-order valence-corrected chi connectivity index (χ1v) is 7.02. The summed E-state index contributed by atoms with van der Waals surface area (Å²) in [6.07, 6.45) is 5.33. The number of rotatable bonds is 3. The molecule has 0 aromatic heterocycles. The van der Waals surface area contributed by atoms with Crippen molar-refractivity contribution in [3.63, 3.8) is 0 Å². The fourth-order valence-corrected chi connectivity index (χ4v) is 3.02. The highest BCUT2D eigenvalue weighted by atomic mass is 16.5. The van der Waals surface area contributed by atoms with Crippen molar-refractivity contribution in [2.75, 3.05) is 25.4 Å². The second-order valence-corrected chi connectivity index (χ2v) is 5.48. The lowest BCUT2D eigenvalue weighted by atomic mass is 9.99. The summed E-state index contributed by atoms with van der Waals surface area (Å²) in [5.74, 6) is 0. The van der Waals surface area contributed by atoms with Gasteiger partial charge in [-0.3, -0.25) is 4.90 Å². The smallest absolute Gasteiger partial charge is 0.0588 e. The molecular formula is C15H22N2O. The molecular weight excluding hydrogens is 224 g/mol. The predicted molar refractivity (Wildman–Crippen MR) is 73.4 cm³/mol. The number of nitrogens with zero attached hydrogens (tertiary/aromatic N) is 1. The Morgan fingerprint density at radius 2 is 2.28 bits per heavy atom. The zero-order chi connectivity index (χ0) is 12.4. The van der Waals surface area contributed by atoms with Crippen LogP contribution in [-0.4, -0.2) is 30.7 Å². The van der Waals surface area contributed by atoms with Crippen LogP contribution in [0.2, 0.25) is 0 Å². The molecule has 0 spiro atoms. The zero-order valence-corrected chi connectivity index (χ0v) is 10.9. The van der Waals surface area contributed by atoms with E-state index in [4.69, 9.17) is 10.5 Å². The van der Waals surface area contributed by atoms with Crippen molar-refractivity contribution in [2.24, 2.45) is 0 Å². The molecule has 2 aliphatic heterocycles. The Labute approximate surface area is 109 Å². The van der Waals surface area contributed by atoms with Crippen molar-refractivity contribution in [3.05, 3.63) is 29.3 Å². The number of benzene rings is 1. The third-order valence-corrected chi connectivity index (χ3v) is 4.11. The highest BCUT2D eigenvalue weighted by Gasteiger charge is 2.19. The Balaban J connectivity index is 1.56. The molecule has 1 aromatic rings. The van der Waals surface area contributed by atoms with Gasteiger partial charge in [0.05, 0.1) is 6.10 Å². The van der Waals surface area contributed by atoms with Crippen LogP contribution in [-0.2, 0) is 17.7 Å². The molecule has 0 aliphatic carbocycles. The van der Waals surface area contributed by atoms with E-state index < -0.39 is 0 Å². The molecule has 1 aromatic carbocycles. The van der Waals surface area contributed by atoms with E-state index in [1.54, 1.807) is 0 Å². The molecule has 2 N–H and O–H groups in total. The largest absolute Gasteiger partial charge is 0.399 e. The lowest BCUT2D eigenvalue weighted by Gasteiger charge is -2.29. The molecule has 98 valence electrons. The van der Waals surface area contributed by atoms with Gasteiger partial charge in [0.25, 0.3) is 0 Å². The average Bonchev–Trinajstić information content (AvgIpc) is 2.89. The van der Waals surface area contributed by atoms with Gasteiger partial charge in [-0.2, -0.15) is 0 Å². The van der Waals surface area contributed by atoms with Gasteiger partial charge in [-0.15, -0.1) is 0 Å². The van der Waals surface area contributed by atoms with Crippen LogP contribution in [0.1, 0.15) is 30.4 Å². The summed E-state index contributed by atoms with van der Waals surface area (Å²) in [5, 5.41) is 0. The number of fused-ring (bicyclic) bond motifs is 1. The van der Waals surface area contributed by atoms with Gasteiger partial charge in [-0.05, 0) is 48.9 Å². The minimum Gasteiger partial charge on any atom is -0.399 e. The van der Waals surface area contributed by atoms with Gasteiger partial charge in [0, 0.05) is 31.9 Å². The van der Waals surface area contributed by atoms with Crippen LogP contribution in [0.15, 0.2) is 18.2 Å². The second-order valence-electron chi connectivity index (χ2n) is 5.48. The van der Waals surface area contributed by atoms with Crippen molar-refractivity contribution in [1.82, 2.24) is 4.90 Å². The van der Waals surface area contributed by atoms with Gasteiger partial charge < -0.3 is 10.5 Å². The van der Waals surface area contributed by atoms with Crippen LogP contribution >= 0.6 is 0 Å². The van der Waals surface area contributed by atoms with Crippen LogP contribution in [0.4, 0.5) is 5.69 Å². The fourth-order valence-electron chi connectivity index (χ4n) is 3.02. The summed E-state index contributed by atoms with van der Waals surface area (Å²) in [4.78, 5) is 2.53. The van der Waals surface area contributed by atoms with E-state index in [0.29, 0.717) is 6.10 Å². The Hall–Kier alpha value is -1.06. The Morgan fingerprint density at radius 1 is 1.33 bits per heavy atom. The maximum Gasteiger partial charge on any atom is 0.0588 e. The van der Waals surface area contributed by atoms with Crippen LogP contribution < -0.4 is 5.73 Å². The summed E-state index contributed by atoms with van der Waals surface area (Å²) >= 11 is 0. The first-order valence-electron chi connectivity index (χ1n) is 7.02. The van der Waals surface area contributed by atoms with Gasteiger partial charge >= 0.3 is 0 Å². The summed E-state index contributed by atoms with van der Waals surface area (Å²) in [6, 6.07) is 6.33. The van der Waals surface area contributed by atoms with Gasteiger partial charge in [-0.1, -0.05) is 6.07 Å². The van der Waals surface area contributed by atoms with E-state index in [2.05, 4.69) is 17.0 Å². The highest BCUT2D eigenvalue weighted by Crippen LogP contribution is 2.22. The van der Waals surface area contributed by atoms with Gasteiger partial charge in [0.1, 0.15) is 0 Å². The molecule has 2 aliphatic rings. The third kappa shape index (κ3) is 2.68. The van der Waals surface area contributed by atoms with Crippen LogP contribution in [0.3, 0.4) is 0 Å². The maximum absolute atomic E-state index is 5.86. The first-order chi connectivity index (χ1) is 8.81. The number of hydrogen-bond donors (Lipinski definition) is 1. The monoisotopic (exact) mass is 246 g/mol. The van der Waals surface area contributed by atoms with Gasteiger partial charge in [-0.25, -0.2) is 0 Å². The van der Waals surface area contributed by atoms with Crippen molar-refractivity contribution >= 4 is 5.69 Å². The van der Waals surface area contributed by atoms with E-state index in [1.165, 1.54) is 36.9 Å². The maximum atomic E-state index is 5.86. The number of hydrogen-bond acceptors (Lipinski definition) is 3. The SMILES string of the molecule is Nc1ccc2c(c1)CN(CCC1CCCO1)CC2. The number of nitrogen functional groups attached to an aromatic ring is 1. The topological polar surface area (TPSA) is 38.5 Å². The van der Waals surface area contributed by atoms with E-state index in [9.17, 15) is 0 Å². The molecule has 3 nitrogen and oxygen atoms in total. The molecule has 0 amide bonds. The molecule has 0 bridgehead atoms. The molecule has 3 heteroatoms. The summed E-state index contributed by atoms with van der Waals surface area (Å²) < 4.78 is 5.69. The fraction of sp³-hybridized carbons (Fsp3) is 0.600. The normalized spacial score (nSPS) is 24.1. The summed E-state index contributed by atoms with van der Waals surface area (Å²) in [5.41, 5.74) is 9.63. The lowest BCUT2D eigenvalue weighted by Crippen LogP contribution is -2.32. The van der Waals surface area contributed by atoms with Crippen LogP contribution in [0, 0.1) is 0 Å². The van der Waals surface area contributed by atoms with Crippen LogP contribution in [0.25, 0.3) is 0 Å². The van der Waals surface area contributed by atoms with Gasteiger partial charge in [0.2, 0.25) is 0 Å². The van der Waals surface area contributed by atoms with Crippen molar-refractivity contribution in [3.8, 4) is 0 Å². The zero-order valence-electron chi connectivity index (χ0n) is 10.9. The molecule has 18 heavy (non-hydrogen) atoms. The Morgan fingerprint density at radius 3 is 3.11 bits per heavy atom. The third-order valence-electron chi connectivity index (χ3n) is 4.11. The first kappa shape index (κ1) is 12.0. The second kappa shape index (κ2) is 5.29. The molecule has 2 heterocycles. The number of anilines is 1. The number of ether oxygens (including phenoxy) is 1. The molecule has 0 saturated carbocycles. The molecule has 1 fully saturated rings. The van der Waals surface area contributed by atoms with E-state index >= 15 is 0 Å². The predicted octanol–water partition coefficient (Wildman–Crippen LogP) is 2.20. The van der Waals surface area contributed by atoms with Crippen molar-refractivity contribution in [2.45, 2.75) is 38.3 Å². The number of nitrogens with two attached hydrogens (primary N) is 1. The van der Waals surface area contributed by atoms with E-state index in [0.717, 1.165) is 31.8 Å². The molecule has 1 unspecified atom stereocenters. The molecule has 3 rings (SSSR count). The summed E-state index contributed by atoms with van der Waals surface area (Å²) in [7, 11) is 0. The standard InChI is InChI=1S/C15H22N2O/c16-14-4-3-12-5-7-17(11-13(12)10-14)8-6-15-2-1-9-18-15/h3-4,10,15H,1-2,5-9,11,16H2. The molecule has 1 atom stereocenters. The van der Waals surface area contributed by atoms with Crippen molar-refractivity contribution < 1.29 is 4.74 Å². The van der Waals surface area contributed by atoms with Gasteiger partial charge in [0.15, 0.2) is 0 Å². The van der Waals surface area contributed by atoms with E-state index in [-0.39, 0.29) is 0 Å². The average molecular weight is 246 g/mol. The quantitative estimate of drug-likeness (QED) is 0.831. The minimum atomic E-state index is 0.507. The lowest BCUT2D eigenvalue weighted by molar-refractivity contribution is 0.0900. The van der Waals surface area contributed by atoms with Crippen LogP contribution in [0.5, 0.6) is 0 Å². The Kier molecular flexibility index (Phi) is 3.52. The van der Waals surface area contributed by atoms with Crippen molar-refractivity contribution in [1.29, 1.82) is 0 Å².